The number of halogens is 3. The number of pyridine rings is 1. The molecule has 35 heavy (non-hydrogen) atoms. The minimum Gasteiger partial charge on any atom is -0.472 e. The number of carbonyl (C=O) groups excluding carboxylic acids is 2. The largest absolute Gasteiger partial charge is 0.472 e. The number of nitrogens with one attached hydrogen (secondary N) is 2. The molecule has 0 unspecified atom stereocenters. The number of carbonyl (C=O) groups is 2. The van der Waals surface area contributed by atoms with E-state index in [9.17, 15) is 9.59 Å². The maximum Gasteiger partial charge on any atom is 0.274 e. The molecule has 0 atom stereocenters. The quantitative estimate of drug-likeness (QED) is 0.381. The Kier molecular flexibility index (Phi) is 6.73. The number of nitrogens with zero attached hydrogens (tertiary/aromatic N) is 3. The van der Waals surface area contributed by atoms with Crippen molar-refractivity contribution in [1.29, 1.82) is 0 Å². The Hall–Kier alpha value is -2.27. The summed E-state index contributed by atoms with van der Waals surface area (Å²) in [6, 6.07) is 8.03. The van der Waals surface area contributed by atoms with Crippen LogP contribution < -0.4 is 15.4 Å². The summed E-state index contributed by atoms with van der Waals surface area (Å²) in [5.41, 5.74) is 0.442. The van der Waals surface area contributed by atoms with E-state index in [2.05, 4.69) is 36.6 Å². The van der Waals surface area contributed by atoms with Gasteiger partial charge in [0.2, 0.25) is 5.88 Å². The first-order valence-electron chi connectivity index (χ1n) is 10.8. The van der Waals surface area contributed by atoms with Gasteiger partial charge >= 0.3 is 0 Å². The molecule has 1 saturated carbocycles. The maximum atomic E-state index is 13.5. The predicted molar refractivity (Wildman–Crippen MR) is 140 cm³/mol. The number of benzene rings is 1. The molecule has 2 aromatic heterocycles. The van der Waals surface area contributed by atoms with E-state index in [0.29, 0.717) is 20.2 Å². The molecule has 182 valence electrons. The number of anilines is 1. The molecule has 2 fully saturated rings. The number of amides is 2. The van der Waals surface area contributed by atoms with Gasteiger partial charge in [-0.25, -0.2) is 9.67 Å². The van der Waals surface area contributed by atoms with Gasteiger partial charge in [0, 0.05) is 38.8 Å². The van der Waals surface area contributed by atoms with Crippen molar-refractivity contribution in [3.8, 4) is 11.7 Å². The Labute approximate surface area is 224 Å². The van der Waals surface area contributed by atoms with E-state index >= 15 is 0 Å². The van der Waals surface area contributed by atoms with Crippen molar-refractivity contribution in [2.45, 2.75) is 31.4 Å². The van der Waals surface area contributed by atoms with Crippen LogP contribution in [0.3, 0.4) is 0 Å². The van der Waals surface area contributed by atoms with E-state index in [1.165, 1.54) is 16.8 Å². The molecule has 1 saturated heterocycles. The summed E-state index contributed by atoms with van der Waals surface area (Å²) < 4.78 is 7.71. The Balaban J connectivity index is 1.50. The lowest BCUT2D eigenvalue weighted by atomic mass is 10.1. The van der Waals surface area contributed by atoms with Crippen LogP contribution in [0.2, 0.25) is 10.0 Å². The second kappa shape index (κ2) is 9.65. The molecule has 2 amide bonds. The highest BCUT2D eigenvalue weighted by Gasteiger charge is 2.39. The van der Waals surface area contributed by atoms with Crippen LogP contribution in [-0.2, 0) is 0 Å². The van der Waals surface area contributed by atoms with Gasteiger partial charge in [-0.1, -0.05) is 23.2 Å². The zero-order valence-corrected chi connectivity index (χ0v) is 22.4. The van der Waals surface area contributed by atoms with Crippen LogP contribution in [0, 0.1) is 0 Å². The summed E-state index contributed by atoms with van der Waals surface area (Å²) in [6.45, 7) is 1.97. The monoisotopic (exact) mass is 595 g/mol. The molecule has 3 aromatic rings. The molecule has 5 rings (SSSR count). The maximum absolute atomic E-state index is 13.5. The highest BCUT2D eigenvalue weighted by molar-refractivity contribution is 9.10. The standard InChI is InChI=1S/C23H20BrCl2N5O3S/c1-23(4-5-23)29-21(32)14-7-12(25)8-15(24)19(14)28-22(33)17-9-18(34-13-10-35-11-13)30-31(17)20-16(26)3-2-6-27-20/h2-3,6-9,13H,4-5,10-11H2,1H3,(H,28,33)(H,29,32). The highest BCUT2D eigenvalue weighted by atomic mass is 79.9. The van der Waals surface area contributed by atoms with E-state index in [0.717, 1.165) is 24.3 Å². The van der Waals surface area contributed by atoms with Gasteiger partial charge in [-0.2, -0.15) is 11.8 Å². The van der Waals surface area contributed by atoms with Crippen molar-refractivity contribution in [2.24, 2.45) is 0 Å². The Morgan fingerprint density at radius 1 is 1.23 bits per heavy atom. The number of hydrogen-bond donors (Lipinski definition) is 2. The van der Waals surface area contributed by atoms with E-state index in [-0.39, 0.29) is 40.5 Å². The number of thioether (sulfide) groups is 1. The number of hydrogen-bond acceptors (Lipinski definition) is 6. The summed E-state index contributed by atoms with van der Waals surface area (Å²) in [6.07, 6.45) is 3.38. The molecular formula is C23H20BrCl2N5O3S. The van der Waals surface area contributed by atoms with Crippen LogP contribution in [0.5, 0.6) is 5.88 Å². The topological polar surface area (TPSA) is 98.1 Å². The average Bonchev–Trinajstić information content (AvgIpc) is 3.35. The van der Waals surface area contributed by atoms with E-state index in [4.69, 9.17) is 27.9 Å². The molecule has 8 nitrogen and oxygen atoms in total. The van der Waals surface area contributed by atoms with Gasteiger partial charge in [-0.15, -0.1) is 5.10 Å². The first kappa shape index (κ1) is 24.4. The molecule has 3 heterocycles. The van der Waals surface area contributed by atoms with Crippen LogP contribution in [0.4, 0.5) is 5.69 Å². The van der Waals surface area contributed by atoms with Gasteiger partial charge in [-0.3, -0.25) is 9.59 Å². The second-order valence-electron chi connectivity index (χ2n) is 8.64. The molecular weight excluding hydrogens is 577 g/mol. The fourth-order valence-corrected chi connectivity index (χ4v) is 5.11. The lowest BCUT2D eigenvalue weighted by Gasteiger charge is -2.24. The van der Waals surface area contributed by atoms with Crippen LogP contribution in [0.25, 0.3) is 5.82 Å². The van der Waals surface area contributed by atoms with E-state index in [1.54, 1.807) is 36.2 Å². The second-order valence-corrected chi connectivity index (χ2v) is 11.4. The Bertz CT molecular complexity index is 1330. The van der Waals surface area contributed by atoms with E-state index < -0.39 is 5.91 Å². The third-order valence-electron chi connectivity index (χ3n) is 5.71. The van der Waals surface area contributed by atoms with Crippen molar-refractivity contribution in [1.82, 2.24) is 20.1 Å². The molecule has 0 radical (unpaired) electrons. The molecule has 1 aromatic carbocycles. The third-order valence-corrected chi connectivity index (χ3v) is 8.06. The SMILES string of the molecule is CC1(NC(=O)c2cc(Cl)cc(Br)c2NC(=O)c2cc(OC3CSC3)nn2-c2ncccc2Cl)CC1. The zero-order valence-electron chi connectivity index (χ0n) is 18.5. The lowest BCUT2D eigenvalue weighted by molar-refractivity contribution is 0.0936. The molecule has 2 aliphatic rings. The van der Waals surface area contributed by atoms with Crippen LogP contribution in [0.15, 0.2) is 41.0 Å². The van der Waals surface area contributed by atoms with Crippen LogP contribution in [-0.4, -0.2) is 49.7 Å². The van der Waals surface area contributed by atoms with Gasteiger partial charge in [0.1, 0.15) is 11.8 Å². The molecule has 0 spiro atoms. The minimum absolute atomic E-state index is 0.0305. The molecule has 0 bridgehead atoms. The van der Waals surface area contributed by atoms with Crippen molar-refractivity contribution < 1.29 is 14.3 Å². The average molecular weight is 597 g/mol. The molecule has 12 heteroatoms. The van der Waals surface area contributed by atoms with E-state index in [1.807, 2.05) is 6.92 Å². The van der Waals surface area contributed by atoms with Crippen molar-refractivity contribution in [3.63, 3.8) is 0 Å². The fourth-order valence-electron chi connectivity index (χ4n) is 3.44. The van der Waals surface area contributed by atoms with Gasteiger partial charge < -0.3 is 15.4 Å². The predicted octanol–water partition coefficient (Wildman–Crippen LogP) is 5.37. The third kappa shape index (κ3) is 5.30. The Morgan fingerprint density at radius 3 is 2.66 bits per heavy atom. The van der Waals surface area contributed by atoms with Crippen LogP contribution >= 0.6 is 50.9 Å². The molecule has 2 N–H and O–H groups in total. The number of ether oxygens (including phenoxy) is 1. The van der Waals surface area contributed by atoms with Gasteiger partial charge in [0.05, 0.1) is 16.3 Å². The lowest BCUT2D eigenvalue weighted by Crippen LogP contribution is -2.35. The Morgan fingerprint density at radius 2 is 2.00 bits per heavy atom. The van der Waals surface area contributed by atoms with Gasteiger partial charge in [0.25, 0.3) is 11.8 Å². The van der Waals surface area contributed by atoms with Gasteiger partial charge in [0.15, 0.2) is 5.82 Å². The fraction of sp³-hybridized carbons (Fsp3) is 0.304. The van der Waals surface area contributed by atoms with Crippen LogP contribution in [0.1, 0.15) is 40.6 Å². The summed E-state index contributed by atoms with van der Waals surface area (Å²) in [7, 11) is 0. The molecule has 1 aliphatic heterocycles. The smallest absolute Gasteiger partial charge is 0.274 e. The minimum atomic E-state index is -0.522. The first-order valence-corrected chi connectivity index (χ1v) is 13.5. The highest BCUT2D eigenvalue weighted by Crippen LogP contribution is 2.37. The molecule has 1 aliphatic carbocycles. The summed E-state index contributed by atoms with van der Waals surface area (Å²) >= 11 is 17.8. The van der Waals surface area contributed by atoms with Crippen molar-refractivity contribution in [2.75, 3.05) is 16.8 Å². The summed E-state index contributed by atoms with van der Waals surface area (Å²) in [5, 5.41) is 11.0. The summed E-state index contributed by atoms with van der Waals surface area (Å²) in [4.78, 5) is 30.8. The summed E-state index contributed by atoms with van der Waals surface area (Å²) in [5.74, 6) is 1.44. The first-order chi connectivity index (χ1) is 16.7. The van der Waals surface area contributed by atoms with Crippen molar-refractivity contribution >= 4 is 68.4 Å². The van der Waals surface area contributed by atoms with Crippen molar-refractivity contribution in [3.05, 3.63) is 62.3 Å². The number of rotatable bonds is 7. The van der Waals surface area contributed by atoms with Gasteiger partial charge in [-0.05, 0) is 60.0 Å². The number of aromatic nitrogens is 3. The normalized spacial score (nSPS) is 16.3. The zero-order chi connectivity index (χ0) is 24.7.